The van der Waals surface area contributed by atoms with E-state index >= 15 is 0 Å². The van der Waals surface area contributed by atoms with Crippen LogP contribution in [-0.4, -0.2) is 5.84 Å². The third-order valence-electron chi connectivity index (χ3n) is 3.44. The van der Waals surface area contributed by atoms with E-state index < -0.39 is 0 Å². The molecule has 2 aromatic rings. The second kappa shape index (κ2) is 7.48. The number of hydrogen-bond acceptors (Lipinski definition) is 2. The van der Waals surface area contributed by atoms with Gasteiger partial charge in [0, 0.05) is 11.1 Å². The third-order valence-corrected chi connectivity index (χ3v) is 3.44. The highest BCUT2D eigenvalue weighted by atomic mass is 16.5. The molecule has 0 aliphatic heterocycles. The molecule has 0 saturated heterocycles. The van der Waals surface area contributed by atoms with Gasteiger partial charge in [-0.2, -0.15) is 0 Å². The van der Waals surface area contributed by atoms with E-state index in [4.69, 9.17) is 15.9 Å². The first-order valence-corrected chi connectivity index (χ1v) is 7.34. The van der Waals surface area contributed by atoms with Crippen LogP contribution >= 0.6 is 0 Å². The van der Waals surface area contributed by atoms with Crippen LogP contribution in [0.1, 0.15) is 36.5 Å². The molecule has 2 rings (SSSR count). The molecule has 3 heteroatoms. The molecule has 0 saturated carbocycles. The molecule has 110 valence electrons. The summed E-state index contributed by atoms with van der Waals surface area (Å²) in [6.07, 6.45) is 3.54. The minimum Gasteiger partial charge on any atom is -0.489 e. The summed E-state index contributed by atoms with van der Waals surface area (Å²) in [7, 11) is 0. The largest absolute Gasteiger partial charge is 0.489 e. The number of amidine groups is 1. The Kier molecular flexibility index (Phi) is 5.38. The van der Waals surface area contributed by atoms with Crippen LogP contribution in [0.5, 0.6) is 5.75 Å². The Bertz CT molecular complexity index is 590. The number of hydrogen-bond donors (Lipinski definition) is 2. The van der Waals surface area contributed by atoms with Crippen LogP contribution in [0, 0.1) is 5.41 Å². The van der Waals surface area contributed by atoms with Gasteiger partial charge in [0.25, 0.3) is 0 Å². The summed E-state index contributed by atoms with van der Waals surface area (Å²) in [4.78, 5) is 0. The molecular formula is C18H22N2O. The summed E-state index contributed by atoms with van der Waals surface area (Å²) in [5.41, 5.74) is 8.58. The number of nitrogens with one attached hydrogen (secondary N) is 1. The van der Waals surface area contributed by atoms with Gasteiger partial charge < -0.3 is 10.5 Å². The second-order valence-electron chi connectivity index (χ2n) is 5.11. The molecule has 0 fully saturated rings. The Hall–Kier alpha value is -2.29. The second-order valence-corrected chi connectivity index (χ2v) is 5.11. The van der Waals surface area contributed by atoms with Gasteiger partial charge in [0.2, 0.25) is 0 Å². The van der Waals surface area contributed by atoms with Gasteiger partial charge in [-0.25, -0.2) is 0 Å². The first-order valence-electron chi connectivity index (χ1n) is 7.34. The predicted octanol–water partition coefficient (Wildman–Crippen LogP) is 3.89. The molecule has 3 nitrogen and oxygen atoms in total. The lowest BCUT2D eigenvalue weighted by atomic mass is 10.1. The number of ether oxygens (including phenoxy) is 1. The van der Waals surface area contributed by atoms with Crippen molar-refractivity contribution < 1.29 is 4.74 Å². The summed E-state index contributed by atoms with van der Waals surface area (Å²) < 4.78 is 5.79. The summed E-state index contributed by atoms with van der Waals surface area (Å²) >= 11 is 0. The molecule has 0 bridgehead atoms. The van der Waals surface area contributed by atoms with Gasteiger partial charge in [-0.15, -0.1) is 0 Å². The molecule has 0 aromatic heterocycles. The molecular weight excluding hydrogens is 260 g/mol. The number of aryl methyl sites for hydroxylation is 1. The Labute approximate surface area is 126 Å². The van der Waals surface area contributed by atoms with Gasteiger partial charge in [-0.05, 0) is 30.5 Å². The number of unbranched alkanes of at least 4 members (excludes halogenated alkanes) is 1. The first-order chi connectivity index (χ1) is 10.2. The highest BCUT2D eigenvalue weighted by Gasteiger charge is 2.05. The number of benzene rings is 2. The molecule has 0 atom stereocenters. The SMILES string of the molecule is CCCCc1ccc(OCc2ccccc2C(=N)N)cc1. The Morgan fingerprint density at radius 1 is 1.10 bits per heavy atom. The summed E-state index contributed by atoms with van der Waals surface area (Å²) in [5.74, 6) is 0.915. The fourth-order valence-corrected chi connectivity index (χ4v) is 2.20. The van der Waals surface area contributed by atoms with E-state index in [1.54, 1.807) is 0 Å². The quantitative estimate of drug-likeness (QED) is 0.598. The maximum Gasteiger partial charge on any atom is 0.123 e. The molecule has 0 amide bonds. The number of rotatable bonds is 7. The maximum atomic E-state index is 7.57. The number of nitrogen functional groups attached to an aromatic ring is 1. The zero-order valence-corrected chi connectivity index (χ0v) is 12.4. The average molecular weight is 282 g/mol. The normalized spacial score (nSPS) is 10.3. The predicted molar refractivity (Wildman–Crippen MR) is 86.8 cm³/mol. The summed E-state index contributed by atoms with van der Waals surface area (Å²) in [6, 6.07) is 15.8. The highest BCUT2D eigenvalue weighted by molar-refractivity contribution is 5.96. The van der Waals surface area contributed by atoms with Gasteiger partial charge in [0.1, 0.15) is 18.2 Å². The van der Waals surface area contributed by atoms with Crippen molar-refractivity contribution in [1.82, 2.24) is 0 Å². The Balaban J connectivity index is 1.98. The third kappa shape index (κ3) is 4.35. The van der Waals surface area contributed by atoms with Crippen LogP contribution in [0.3, 0.4) is 0 Å². The van der Waals surface area contributed by atoms with Gasteiger partial charge in [-0.1, -0.05) is 49.7 Å². The van der Waals surface area contributed by atoms with Crippen LogP contribution in [0.4, 0.5) is 0 Å². The van der Waals surface area contributed by atoms with E-state index in [0.29, 0.717) is 6.61 Å². The van der Waals surface area contributed by atoms with E-state index in [1.807, 2.05) is 36.4 Å². The van der Waals surface area contributed by atoms with E-state index in [-0.39, 0.29) is 5.84 Å². The molecule has 0 aliphatic carbocycles. The van der Waals surface area contributed by atoms with Gasteiger partial charge in [-0.3, -0.25) is 5.41 Å². The van der Waals surface area contributed by atoms with Crippen molar-refractivity contribution in [2.24, 2.45) is 5.73 Å². The maximum absolute atomic E-state index is 7.57. The van der Waals surface area contributed by atoms with Crippen molar-refractivity contribution in [1.29, 1.82) is 5.41 Å². The highest BCUT2D eigenvalue weighted by Crippen LogP contribution is 2.17. The van der Waals surface area contributed by atoms with Crippen molar-refractivity contribution >= 4 is 5.84 Å². The van der Waals surface area contributed by atoms with Crippen LogP contribution < -0.4 is 10.5 Å². The minimum atomic E-state index is 0.0733. The average Bonchev–Trinajstić information content (AvgIpc) is 2.52. The van der Waals surface area contributed by atoms with E-state index in [2.05, 4.69) is 19.1 Å². The van der Waals surface area contributed by atoms with E-state index in [9.17, 15) is 0 Å². The van der Waals surface area contributed by atoms with Gasteiger partial charge in [0.05, 0.1) is 0 Å². The fourth-order valence-electron chi connectivity index (χ4n) is 2.20. The molecule has 0 heterocycles. The summed E-state index contributed by atoms with van der Waals surface area (Å²) in [6.45, 7) is 2.62. The molecule has 0 aliphatic rings. The lowest BCUT2D eigenvalue weighted by Gasteiger charge is -2.10. The molecule has 0 radical (unpaired) electrons. The number of nitrogens with two attached hydrogens (primary N) is 1. The van der Waals surface area contributed by atoms with Crippen molar-refractivity contribution in [3.05, 3.63) is 65.2 Å². The Morgan fingerprint density at radius 3 is 2.48 bits per heavy atom. The van der Waals surface area contributed by atoms with Crippen LogP contribution in [0.25, 0.3) is 0 Å². The monoisotopic (exact) mass is 282 g/mol. The van der Waals surface area contributed by atoms with E-state index in [0.717, 1.165) is 23.3 Å². The van der Waals surface area contributed by atoms with Gasteiger partial charge in [0.15, 0.2) is 0 Å². The van der Waals surface area contributed by atoms with Crippen LogP contribution in [0.15, 0.2) is 48.5 Å². The van der Waals surface area contributed by atoms with E-state index in [1.165, 1.54) is 18.4 Å². The molecule has 2 aromatic carbocycles. The van der Waals surface area contributed by atoms with Crippen molar-refractivity contribution in [3.63, 3.8) is 0 Å². The van der Waals surface area contributed by atoms with Crippen LogP contribution in [-0.2, 0) is 13.0 Å². The molecule has 21 heavy (non-hydrogen) atoms. The lowest BCUT2D eigenvalue weighted by Crippen LogP contribution is -2.14. The molecule has 0 spiro atoms. The molecule has 0 unspecified atom stereocenters. The fraction of sp³-hybridized carbons (Fsp3) is 0.278. The Morgan fingerprint density at radius 2 is 1.81 bits per heavy atom. The van der Waals surface area contributed by atoms with Crippen molar-refractivity contribution in [3.8, 4) is 5.75 Å². The first kappa shape index (κ1) is 15.1. The minimum absolute atomic E-state index is 0.0733. The van der Waals surface area contributed by atoms with Gasteiger partial charge >= 0.3 is 0 Å². The topological polar surface area (TPSA) is 59.1 Å². The smallest absolute Gasteiger partial charge is 0.123 e. The van der Waals surface area contributed by atoms with Crippen molar-refractivity contribution in [2.75, 3.05) is 0 Å². The summed E-state index contributed by atoms with van der Waals surface area (Å²) in [5, 5.41) is 7.57. The van der Waals surface area contributed by atoms with Crippen LogP contribution in [0.2, 0.25) is 0 Å². The zero-order valence-electron chi connectivity index (χ0n) is 12.4. The standard InChI is InChI=1S/C18H22N2O/c1-2-3-6-14-9-11-16(12-10-14)21-13-15-7-4-5-8-17(15)18(19)20/h4-5,7-12H,2-3,6,13H2,1H3,(H3,19,20). The van der Waals surface area contributed by atoms with Crippen molar-refractivity contribution in [2.45, 2.75) is 32.8 Å². The molecule has 3 N–H and O–H groups in total. The lowest BCUT2D eigenvalue weighted by molar-refractivity contribution is 0.306. The zero-order chi connectivity index (χ0) is 15.1.